The van der Waals surface area contributed by atoms with Crippen molar-refractivity contribution in [2.75, 3.05) is 31.7 Å². The molecule has 0 aliphatic heterocycles. The number of hydrogen-bond donors (Lipinski definition) is 3. The number of amides is 2. The lowest BCUT2D eigenvalue weighted by molar-refractivity contribution is -0.142. The SMILES string of the molecule is O=C(O)COCCNC(=O)c1cccc(F)c1NC(=O)OCC1c2ccccc2-c2ccccc21. The normalized spacial score (nSPS) is 11.9. The maximum absolute atomic E-state index is 14.5. The van der Waals surface area contributed by atoms with Crippen LogP contribution in [0.25, 0.3) is 11.1 Å². The van der Waals surface area contributed by atoms with Crippen molar-refractivity contribution in [1.29, 1.82) is 0 Å². The second-order valence-electron chi connectivity index (χ2n) is 7.82. The zero-order valence-corrected chi connectivity index (χ0v) is 18.6. The van der Waals surface area contributed by atoms with Gasteiger partial charge in [0.2, 0.25) is 0 Å². The molecule has 2 amide bonds. The van der Waals surface area contributed by atoms with E-state index in [0.29, 0.717) is 0 Å². The first-order valence-corrected chi connectivity index (χ1v) is 10.9. The van der Waals surface area contributed by atoms with Crippen molar-refractivity contribution in [2.24, 2.45) is 0 Å². The Bertz CT molecular complexity index is 1220. The second kappa shape index (κ2) is 10.8. The highest BCUT2D eigenvalue weighted by molar-refractivity contribution is 6.02. The Hall–Kier alpha value is -4.24. The Labute approximate surface area is 200 Å². The van der Waals surface area contributed by atoms with Gasteiger partial charge < -0.3 is 19.9 Å². The van der Waals surface area contributed by atoms with Gasteiger partial charge in [0, 0.05) is 12.5 Å². The van der Waals surface area contributed by atoms with E-state index in [4.69, 9.17) is 14.6 Å². The van der Waals surface area contributed by atoms with E-state index in [1.165, 1.54) is 12.1 Å². The Balaban J connectivity index is 1.40. The number of carbonyl (C=O) groups excluding carboxylic acids is 2. The molecule has 3 aromatic carbocycles. The summed E-state index contributed by atoms with van der Waals surface area (Å²) in [6.45, 7) is -0.489. The molecule has 0 unspecified atom stereocenters. The Kier molecular flexibility index (Phi) is 7.37. The van der Waals surface area contributed by atoms with Gasteiger partial charge in [-0.1, -0.05) is 54.6 Å². The molecular weight excluding hydrogens is 455 g/mol. The maximum Gasteiger partial charge on any atom is 0.411 e. The third-order valence-electron chi connectivity index (χ3n) is 5.59. The van der Waals surface area contributed by atoms with Crippen LogP contribution in [0.1, 0.15) is 27.4 Å². The number of benzene rings is 3. The van der Waals surface area contributed by atoms with E-state index in [-0.39, 0.29) is 36.9 Å². The van der Waals surface area contributed by atoms with E-state index < -0.39 is 30.4 Å². The molecule has 0 saturated heterocycles. The van der Waals surface area contributed by atoms with E-state index in [2.05, 4.69) is 10.6 Å². The fourth-order valence-electron chi connectivity index (χ4n) is 4.07. The van der Waals surface area contributed by atoms with Gasteiger partial charge in [0.1, 0.15) is 19.0 Å². The van der Waals surface area contributed by atoms with E-state index in [0.717, 1.165) is 28.3 Å². The molecule has 0 saturated carbocycles. The first-order chi connectivity index (χ1) is 17.0. The van der Waals surface area contributed by atoms with Gasteiger partial charge in [-0.25, -0.2) is 14.0 Å². The minimum Gasteiger partial charge on any atom is -0.480 e. The van der Waals surface area contributed by atoms with Crippen molar-refractivity contribution >= 4 is 23.7 Å². The number of halogens is 1. The molecule has 180 valence electrons. The van der Waals surface area contributed by atoms with Crippen LogP contribution < -0.4 is 10.6 Å². The first kappa shape index (κ1) is 23.9. The van der Waals surface area contributed by atoms with Crippen LogP contribution in [-0.4, -0.2) is 49.4 Å². The molecule has 3 N–H and O–H groups in total. The van der Waals surface area contributed by atoms with Gasteiger partial charge in [0.25, 0.3) is 5.91 Å². The summed E-state index contributed by atoms with van der Waals surface area (Å²) < 4.78 is 24.8. The van der Waals surface area contributed by atoms with Gasteiger partial charge in [0.15, 0.2) is 0 Å². The molecular formula is C26H23FN2O6. The van der Waals surface area contributed by atoms with Crippen LogP contribution in [0.4, 0.5) is 14.9 Å². The Morgan fingerprint density at radius 3 is 2.23 bits per heavy atom. The number of anilines is 1. The summed E-state index contributed by atoms with van der Waals surface area (Å²) in [6.07, 6.45) is -0.893. The van der Waals surface area contributed by atoms with Crippen LogP contribution in [0.3, 0.4) is 0 Å². The van der Waals surface area contributed by atoms with Crippen LogP contribution in [0, 0.1) is 5.82 Å². The predicted molar refractivity (Wildman–Crippen MR) is 126 cm³/mol. The molecule has 0 spiro atoms. The summed E-state index contributed by atoms with van der Waals surface area (Å²) in [6, 6.07) is 19.6. The number of ether oxygens (including phenoxy) is 2. The standard InChI is InChI=1S/C26H23FN2O6/c27-22-11-5-10-20(25(32)28-12-13-34-15-23(30)31)24(22)29-26(33)35-14-21-18-8-3-1-6-16(18)17-7-2-4-9-19(17)21/h1-11,21H,12-15H2,(H,28,32)(H,29,33)(H,30,31). The maximum atomic E-state index is 14.5. The van der Waals surface area contributed by atoms with Crippen molar-refractivity contribution < 1.29 is 33.4 Å². The average Bonchev–Trinajstić information content (AvgIpc) is 3.17. The molecule has 9 heteroatoms. The van der Waals surface area contributed by atoms with Crippen molar-refractivity contribution in [2.45, 2.75) is 5.92 Å². The third-order valence-corrected chi connectivity index (χ3v) is 5.59. The molecule has 1 aliphatic rings. The predicted octanol–water partition coefficient (Wildman–Crippen LogP) is 4.02. The van der Waals surface area contributed by atoms with E-state index in [1.54, 1.807) is 0 Å². The molecule has 0 fully saturated rings. The van der Waals surface area contributed by atoms with Crippen molar-refractivity contribution in [3.8, 4) is 11.1 Å². The number of rotatable bonds is 9. The lowest BCUT2D eigenvalue weighted by atomic mass is 9.98. The number of hydrogen-bond acceptors (Lipinski definition) is 5. The fraction of sp³-hybridized carbons (Fsp3) is 0.192. The largest absolute Gasteiger partial charge is 0.480 e. The lowest BCUT2D eigenvalue weighted by Gasteiger charge is -2.16. The first-order valence-electron chi connectivity index (χ1n) is 10.9. The van der Waals surface area contributed by atoms with E-state index in [1.807, 2.05) is 48.5 Å². The second-order valence-corrected chi connectivity index (χ2v) is 7.82. The van der Waals surface area contributed by atoms with Crippen LogP contribution in [0.2, 0.25) is 0 Å². The molecule has 3 aromatic rings. The van der Waals surface area contributed by atoms with Gasteiger partial charge in [-0.2, -0.15) is 0 Å². The number of aliphatic carboxylic acids is 1. The molecule has 0 heterocycles. The summed E-state index contributed by atoms with van der Waals surface area (Å²) in [4.78, 5) is 35.5. The summed E-state index contributed by atoms with van der Waals surface area (Å²) in [7, 11) is 0. The highest BCUT2D eigenvalue weighted by Crippen LogP contribution is 2.44. The number of carboxylic acids is 1. The van der Waals surface area contributed by atoms with Gasteiger partial charge in [-0.15, -0.1) is 0 Å². The van der Waals surface area contributed by atoms with Crippen LogP contribution in [0.5, 0.6) is 0 Å². The van der Waals surface area contributed by atoms with Gasteiger partial charge in [0.05, 0.1) is 17.9 Å². The van der Waals surface area contributed by atoms with Crippen LogP contribution in [-0.2, 0) is 14.3 Å². The van der Waals surface area contributed by atoms with E-state index >= 15 is 0 Å². The molecule has 4 rings (SSSR count). The smallest absolute Gasteiger partial charge is 0.411 e. The minimum absolute atomic E-state index is 0.00696. The summed E-state index contributed by atoms with van der Waals surface area (Å²) in [5.41, 5.74) is 3.83. The van der Waals surface area contributed by atoms with Crippen LogP contribution >= 0.6 is 0 Å². The molecule has 0 aromatic heterocycles. The number of nitrogens with one attached hydrogen (secondary N) is 2. The summed E-state index contributed by atoms with van der Waals surface area (Å²) in [5.74, 6) is -2.75. The molecule has 0 atom stereocenters. The molecule has 0 radical (unpaired) electrons. The monoisotopic (exact) mass is 478 g/mol. The van der Waals surface area contributed by atoms with Gasteiger partial charge in [-0.3, -0.25) is 10.1 Å². The number of carbonyl (C=O) groups is 3. The Morgan fingerprint density at radius 1 is 0.914 bits per heavy atom. The zero-order valence-electron chi connectivity index (χ0n) is 18.6. The molecule has 0 bridgehead atoms. The molecule has 1 aliphatic carbocycles. The minimum atomic E-state index is -1.13. The summed E-state index contributed by atoms with van der Waals surface area (Å²) in [5, 5.41) is 13.4. The highest BCUT2D eigenvalue weighted by atomic mass is 19.1. The quantitative estimate of drug-likeness (QED) is 0.401. The van der Waals surface area contributed by atoms with E-state index in [9.17, 15) is 18.8 Å². The van der Waals surface area contributed by atoms with Crippen molar-refractivity contribution in [3.05, 3.63) is 89.2 Å². The number of carboxylic acid groups (broad SMARTS) is 1. The topological polar surface area (TPSA) is 114 Å². The third kappa shape index (κ3) is 5.47. The highest BCUT2D eigenvalue weighted by Gasteiger charge is 2.29. The van der Waals surface area contributed by atoms with Gasteiger partial charge >= 0.3 is 12.1 Å². The fourth-order valence-corrected chi connectivity index (χ4v) is 4.07. The molecule has 35 heavy (non-hydrogen) atoms. The lowest BCUT2D eigenvalue weighted by Crippen LogP contribution is -2.29. The Morgan fingerprint density at radius 2 is 1.57 bits per heavy atom. The zero-order chi connectivity index (χ0) is 24.8. The molecule has 8 nitrogen and oxygen atoms in total. The number of fused-ring (bicyclic) bond motifs is 3. The summed E-state index contributed by atoms with van der Waals surface area (Å²) >= 11 is 0. The van der Waals surface area contributed by atoms with Crippen molar-refractivity contribution in [1.82, 2.24) is 5.32 Å². The number of para-hydroxylation sites is 1. The van der Waals surface area contributed by atoms with Crippen molar-refractivity contribution in [3.63, 3.8) is 0 Å². The van der Waals surface area contributed by atoms with Gasteiger partial charge in [-0.05, 0) is 34.4 Å². The van der Waals surface area contributed by atoms with Crippen LogP contribution in [0.15, 0.2) is 66.7 Å². The average molecular weight is 478 g/mol.